The molecule has 0 bridgehead atoms. The number of carbonyl (C=O) groups excluding carboxylic acids is 1. The number of rotatable bonds is 3. The Bertz CT molecular complexity index is 1130. The average Bonchev–Trinajstić information content (AvgIpc) is 3.17. The summed E-state index contributed by atoms with van der Waals surface area (Å²) in [5.41, 5.74) is -1.81. The molecule has 1 spiro atoms. The maximum atomic E-state index is 15.3. The molecule has 2 aliphatic rings. The van der Waals surface area contributed by atoms with E-state index in [1.165, 1.54) is 30.3 Å². The van der Waals surface area contributed by atoms with E-state index < -0.39 is 46.9 Å². The lowest BCUT2D eigenvalue weighted by Crippen LogP contribution is -2.49. The van der Waals surface area contributed by atoms with Gasteiger partial charge < -0.3 is 10.4 Å². The number of benzene rings is 2. The molecule has 3 N–H and O–H groups in total. The fourth-order valence-corrected chi connectivity index (χ4v) is 5.51. The molecule has 1 saturated heterocycles. The van der Waals surface area contributed by atoms with Gasteiger partial charge in [0.05, 0.1) is 15.7 Å². The quantitative estimate of drug-likeness (QED) is 0.568. The summed E-state index contributed by atoms with van der Waals surface area (Å²) >= 11 is 12.0. The molecule has 1 unspecified atom stereocenters. The summed E-state index contributed by atoms with van der Waals surface area (Å²) < 4.78 is 30.2. The first-order valence-corrected chi connectivity index (χ1v) is 10.9. The Morgan fingerprint density at radius 1 is 1.12 bits per heavy atom. The van der Waals surface area contributed by atoms with Crippen molar-refractivity contribution >= 4 is 40.8 Å². The van der Waals surface area contributed by atoms with Crippen molar-refractivity contribution in [3.63, 3.8) is 0 Å². The molecule has 0 aliphatic carbocycles. The van der Waals surface area contributed by atoms with Crippen molar-refractivity contribution in [2.45, 2.75) is 50.6 Å². The number of carbonyl (C=O) groups is 2. The van der Waals surface area contributed by atoms with Crippen molar-refractivity contribution < 1.29 is 23.5 Å². The van der Waals surface area contributed by atoms with Crippen molar-refractivity contribution in [2.75, 3.05) is 5.32 Å². The van der Waals surface area contributed by atoms with Gasteiger partial charge in [-0.1, -0.05) is 62.2 Å². The summed E-state index contributed by atoms with van der Waals surface area (Å²) in [6.45, 7) is 5.84. The SMILES string of the molecule is CC(C)(C)C[C@@H]1N[C@@H](C(=O)O)[C@H](c2cccc(Cl)c2F)C12C(=O)Nc1c2ccc(Cl)c1F. The van der Waals surface area contributed by atoms with Crippen molar-refractivity contribution in [2.24, 2.45) is 5.41 Å². The van der Waals surface area contributed by atoms with Crippen LogP contribution in [0.3, 0.4) is 0 Å². The number of carboxylic acids is 1. The van der Waals surface area contributed by atoms with Gasteiger partial charge in [0.1, 0.15) is 17.3 Å². The van der Waals surface area contributed by atoms with Crippen molar-refractivity contribution in [1.82, 2.24) is 5.32 Å². The zero-order valence-corrected chi connectivity index (χ0v) is 19.1. The van der Waals surface area contributed by atoms with Crippen molar-refractivity contribution in [1.29, 1.82) is 0 Å². The second-order valence-electron chi connectivity index (χ2n) is 9.53. The van der Waals surface area contributed by atoms with Gasteiger partial charge in [-0.05, 0) is 35.1 Å². The minimum Gasteiger partial charge on any atom is -0.480 e. The Hall–Kier alpha value is -2.22. The summed E-state index contributed by atoms with van der Waals surface area (Å²) in [5, 5.41) is 15.3. The first-order chi connectivity index (χ1) is 14.9. The largest absolute Gasteiger partial charge is 0.480 e. The van der Waals surface area contributed by atoms with Crippen LogP contribution in [0.1, 0.15) is 44.2 Å². The van der Waals surface area contributed by atoms with Gasteiger partial charge in [0.2, 0.25) is 5.91 Å². The van der Waals surface area contributed by atoms with E-state index in [9.17, 15) is 19.1 Å². The molecular formula is C23H22Cl2F2N2O3. The second kappa shape index (κ2) is 7.68. The van der Waals surface area contributed by atoms with Crippen LogP contribution in [-0.2, 0) is 15.0 Å². The van der Waals surface area contributed by atoms with Crippen LogP contribution in [0.5, 0.6) is 0 Å². The molecule has 2 aliphatic heterocycles. The van der Waals surface area contributed by atoms with Crippen LogP contribution in [0.15, 0.2) is 30.3 Å². The molecule has 1 amide bonds. The van der Waals surface area contributed by atoms with Gasteiger partial charge in [0, 0.05) is 12.0 Å². The number of amides is 1. The molecule has 4 atom stereocenters. The highest BCUT2D eigenvalue weighted by Crippen LogP contribution is 2.57. The predicted molar refractivity (Wildman–Crippen MR) is 118 cm³/mol. The van der Waals surface area contributed by atoms with E-state index in [1.54, 1.807) is 0 Å². The fourth-order valence-electron chi connectivity index (χ4n) is 5.17. The fraction of sp³-hybridized carbons (Fsp3) is 0.391. The highest BCUT2D eigenvalue weighted by atomic mass is 35.5. The summed E-state index contributed by atoms with van der Waals surface area (Å²) in [6, 6.07) is 5.06. The molecule has 4 rings (SSSR count). The zero-order valence-electron chi connectivity index (χ0n) is 17.6. The molecule has 0 saturated carbocycles. The second-order valence-corrected chi connectivity index (χ2v) is 10.3. The Labute approximate surface area is 194 Å². The number of hydrogen-bond acceptors (Lipinski definition) is 3. The molecule has 5 nitrogen and oxygen atoms in total. The molecule has 1 fully saturated rings. The standard InChI is InChI=1S/C23H22Cl2F2N2O3/c1-22(2,3)9-14-23(11-7-8-13(25)17(27)18(11)29-21(23)32)15(19(28-14)20(30)31)10-5-4-6-12(24)16(10)26/h4-8,14-15,19,28H,9H2,1-3H3,(H,29,32)(H,30,31)/t14-,15-,19+,23?/m0/s1. The lowest BCUT2D eigenvalue weighted by Gasteiger charge is -2.37. The van der Waals surface area contributed by atoms with Gasteiger partial charge in [0.15, 0.2) is 5.82 Å². The maximum absolute atomic E-state index is 15.3. The van der Waals surface area contributed by atoms with Crippen LogP contribution in [-0.4, -0.2) is 29.1 Å². The van der Waals surface area contributed by atoms with Crippen molar-refractivity contribution in [3.05, 3.63) is 63.1 Å². The van der Waals surface area contributed by atoms with Crippen LogP contribution >= 0.6 is 23.2 Å². The number of fused-ring (bicyclic) bond motifs is 2. The first-order valence-electron chi connectivity index (χ1n) is 10.1. The van der Waals surface area contributed by atoms with E-state index in [0.717, 1.165) is 0 Å². The van der Waals surface area contributed by atoms with Gasteiger partial charge in [-0.3, -0.25) is 14.9 Å². The number of anilines is 1. The number of nitrogens with one attached hydrogen (secondary N) is 2. The van der Waals surface area contributed by atoms with Crippen LogP contribution in [0.4, 0.5) is 14.5 Å². The lowest BCUT2D eigenvalue weighted by molar-refractivity contribution is -0.139. The Morgan fingerprint density at radius 3 is 2.41 bits per heavy atom. The topological polar surface area (TPSA) is 78.4 Å². The maximum Gasteiger partial charge on any atom is 0.321 e. The van der Waals surface area contributed by atoms with Crippen LogP contribution in [0, 0.1) is 17.0 Å². The third-order valence-electron chi connectivity index (χ3n) is 6.31. The molecule has 170 valence electrons. The molecular weight excluding hydrogens is 461 g/mol. The molecule has 2 heterocycles. The Kier molecular flexibility index (Phi) is 5.51. The first kappa shape index (κ1) is 23.0. The number of hydrogen-bond donors (Lipinski definition) is 3. The van der Waals surface area contributed by atoms with Gasteiger partial charge in [-0.2, -0.15) is 0 Å². The number of halogens is 4. The molecule has 2 aromatic rings. The highest BCUT2D eigenvalue weighted by molar-refractivity contribution is 6.31. The summed E-state index contributed by atoms with van der Waals surface area (Å²) in [6.07, 6.45) is 0.368. The minimum absolute atomic E-state index is 0.0211. The van der Waals surface area contributed by atoms with Gasteiger partial charge in [-0.15, -0.1) is 0 Å². The summed E-state index contributed by atoms with van der Waals surface area (Å²) in [4.78, 5) is 26.0. The van der Waals surface area contributed by atoms with Crippen LogP contribution in [0.25, 0.3) is 0 Å². The molecule has 32 heavy (non-hydrogen) atoms. The van der Waals surface area contributed by atoms with E-state index in [-0.39, 0.29) is 32.3 Å². The minimum atomic E-state index is -1.59. The van der Waals surface area contributed by atoms with E-state index >= 15 is 4.39 Å². The predicted octanol–water partition coefficient (Wildman–Crippen LogP) is 5.11. The van der Waals surface area contributed by atoms with Crippen LogP contribution < -0.4 is 10.6 Å². The molecule has 0 radical (unpaired) electrons. The molecule has 9 heteroatoms. The zero-order chi connectivity index (χ0) is 23.6. The summed E-state index contributed by atoms with van der Waals surface area (Å²) in [5.74, 6) is -4.66. The third-order valence-corrected chi connectivity index (χ3v) is 6.89. The number of aliphatic carboxylic acids is 1. The van der Waals surface area contributed by atoms with E-state index in [1.807, 2.05) is 20.8 Å². The van der Waals surface area contributed by atoms with E-state index in [0.29, 0.717) is 6.42 Å². The molecule has 2 aromatic carbocycles. The number of carboxylic acid groups (broad SMARTS) is 1. The summed E-state index contributed by atoms with van der Waals surface area (Å²) in [7, 11) is 0. The molecule has 0 aromatic heterocycles. The van der Waals surface area contributed by atoms with Gasteiger partial charge in [-0.25, -0.2) is 8.78 Å². The smallest absolute Gasteiger partial charge is 0.321 e. The van der Waals surface area contributed by atoms with Crippen molar-refractivity contribution in [3.8, 4) is 0 Å². The van der Waals surface area contributed by atoms with E-state index in [2.05, 4.69) is 10.6 Å². The Balaban J connectivity index is 2.07. The van der Waals surface area contributed by atoms with Gasteiger partial charge in [0.25, 0.3) is 0 Å². The highest BCUT2D eigenvalue weighted by Gasteiger charge is 2.66. The normalized spacial score (nSPS) is 27.0. The lowest BCUT2D eigenvalue weighted by atomic mass is 9.62. The van der Waals surface area contributed by atoms with Gasteiger partial charge >= 0.3 is 5.97 Å². The Morgan fingerprint density at radius 2 is 1.78 bits per heavy atom. The third kappa shape index (κ3) is 3.29. The average molecular weight is 483 g/mol. The van der Waals surface area contributed by atoms with Crippen LogP contribution in [0.2, 0.25) is 10.0 Å². The van der Waals surface area contributed by atoms with E-state index in [4.69, 9.17) is 23.2 Å². The monoisotopic (exact) mass is 482 g/mol.